The van der Waals surface area contributed by atoms with Crippen molar-refractivity contribution in [1.29, 1.82) is 0 Å². The summed E-state index contributed by atoms with van der Waals surface area (Å²) in [7, 11) is 0. The maximum absolute atomic E-state index is 11.1. The molecule has 0 radical (unpaired) electrons. The zero-order valence-electron chi connectivity index (χ0n) is 12.7. The quantitative estimate of drug-likeness (QED) is 0.572. The lowest BCUT2D eigenvalue weighted by Crippen LogP contribution is -2.35. The van der Waals surface area contributed by atoms with Crippen LogP contribution < -0.4 is 5.32 Å². The summed E-state index contributed by atoms with van der Waals surface area (Å²) in [6.45, 7) is 2.16. The number of carboxylic acid groups (broad SMARTS) is 1. The number of nitro groups is 1. The first-order valence-corrected chi connectivity index (χ1v) is 7.31. The molecule has 0 spiro atoms. The third kappa shape index (κ3) is 4.17. The van der Waals surface area contributed by atoms with E-state index in [-0.39, 0.29) is 12.2 Å². The van der Waals surface area contributed by atoms with Crippen LogP contribution in [0.3, 0.4) is 0 Å². The number of hydrogen-bond acceptors (Lipinski definition) is 5. The van der Waals surface area contributed by atoms with Crippen molar-refractivity contribution in [3.8, 4) is 11.3 Å². The van der Waals surface area contributed by atoms with Crippen LogP contribution in [0, 0.1) is 10.1 Å². The molecule has 2 N–H and O–H groups in total. The van der Waals surface area contributed by atoms with Crippen LogP contribution in [0.4, 0.5) is 5.69 Å². The van der Waals surface area contributed by atoms with Gasteiger partial charge in [0.1, 0.15) is 17.6 Å². The summed E-state index contributed by atoms with van der Waals surface area (Å²) >= 11 is 0. The Balaban J connectivity index is 2.12. The zero-order chi connectivity index (χ0) is 16.8. The van der Waals surface area contributed by atoms with Crippen LogP contribution in [0.2, 0.25) is 0 Å². The van der Waals surface area contributed by atoms with Gasteiger partial charge in [-0.05, 0) is 24.6 Å². The molecule has 122 valence electrons. The van der Waals surface area contributed by atoms with Crippen LogP contribution in [-0.4, -0.2) is 22.0 Å². The molecule has 1 aromatic carbocycles. The summed E-state index contributed by atoms with van der Waals surface area (Å²) in [5.41, 5.74) is 0.364. The lowest BCUT2D eigenvalue weighted by atomic mass is 10.1. The van der Waals surface area contributed by atoms with Gasteiger partial charge in [0.2, 0.25) is 0 Å². The van der Waals surface area contributed by atoms with Gasteiger partial charge in [0, 0.05) is 6.07 Å². The van der Waals surface area contributed by atoms with Gasteiger partial charge in [-0.2, -0.15) is 0 Å². The average molecular weight is 318 g/mol. The summed E-state index contributed by atoms with van der Waals surface area (Å²) in [6, 6.07) is 9.01. The standard InChI is InChI=1S/C16H18N2O5/c1-2-5-13(16(19)20)17-10-11-8-9-15(23-11)12-6-3-4-7-14(12)18(21)22/h3-4,6-9,13,17H,2,5,10H2,1H3,(H,19,20). The molecule has 0 saturated carbocycles. The highest BCUT2D eigenvalue weighted by molar-refractivity contribution is 5.73. The molecule has 7 heteroatoms. The summed E-state index contributed by atoms with van der Waals surface area (Å²) in [5.74, 6) is 0.00861. The number of hydrogen-bond donors (Lipinski definition) is 2. The van der Waals surface area contributed by atoms with Crippen molar-refractivity contribution in [2.45, 2.75) is 32.4 Å². The molecule has 0 saturated heterocycles. The van der Waals surface area contributed by atoms with Crippen LogP contribution in [0.15, 0.2) is 40.8 Å². The second kappa shape index (κ2) is 7.55. The molecule has 0 aliphatic heterocycles. The number of carbonyl (C=O) groups is 1. The summed E-state index contributed by atoms with van der Waals surface area (Å²) in [4.78, 5) is 21.7. The smallest absolute Gasteiger partial charge is 0.320 e. The van der Waals surface area contributed by atoms with E-state index < -0.39 is 16.9 Å². The molecular formula is C16H18N2O5. The maximum atomic E-state index is 11.1. The molecule has 0 aliphatic rings. The Morgan fingerprint density at radius 1 is 1.35 bits per heavy atom. The first kappa shape index (κ1) is 16.7. The molecule has 0 bridgehead atoms. The lowest BCUT2D eigenvalue weighted by molar-refractivity contribution is -0.384. The van der Waals surface area contributed by atoms with Crippen molar-refractivity contribution in [1.82, 2.24) is 5.32 Å². The van der Waals surface area contributed by atoms with Crippen molar-refractivity contribution in [3.05, 3.63) is 52.3 Å². The second-order valence-corrected chi connectivity index (χ2v) is 5.10. The largest absolute Gasteiger partial charge is 0.480 e. The third-order valence-electron chi connectivity index (χ3n) is 3.43. The fraction of sp³-hybridized carbons (Fsp3) is 0.312. The fourth-order valence-corrected chi connectivity index (χ4v) is 2.28. The number of rotatable bonds is 8. The highest BCUT2D eigenvalue weighted by atomic mass is 16.6. The first-order chi connectivity index (χ1) is 11.0. The van der Waals surface area contributed by atoms with Crippen LogP contribution in [0.1, 0.15) is 25.5 Å². The van der Waals surface area contributed by atoms with Crippen molar-refractivity contribution >= 4 is 11.7 Å². The Hall–Kier alpha value is -2.67. The van der Waals surface area contributed by atoms with E-state index in [1.807, 2.05) is 6.92 Å². The number of nitrogens with zero attached hydrogens (tertiary/aromatic N) is 1. The molecule has 0 amide bonds. The number of nitro benzene ring substituents is 1. The third-order valence-corrected chi connectivity index (χ3v) is 3.43. The van der Waals surface area contributed by atoms with Crippen LogP contribution >= 0.6 is 0 Å². The fourth-order valence-electron chi connectivity index (χ4n) is 2.28. The van der Waals surface area contributed by atoms with Crippen LogP contribution in [0.5, 0.6) is 0 Å². The predicted octanol–water partition coefficient (Wildman–Crippen LogP) is 3.20. The van der Waals surface area contributed by atoms with E-state index in [1.54, 1.807) is 30.3 Å². The van der Waals surface area contributed by atoms with E-state index in [1.165, 1.54) is 6.07 Å². The van der Waals surface area contributed by atoms with Crippen molar-refractivity contribution in [2.75, 3.05) is 0 Å². The molecule has 23 heavy (non-hydrogen) atoms. The second-order valence-electron chi connectivity index (χ2n) is 5.10. The Labute approximate surface area is 133 Å². The topological polar surface area (TPSA) is 106 Å². The van der Waals surface area contributed by atoms with Gasteiger partial charge in [-0.25, -0.2) is 0 Å². The van der Waals surface area contributed by atoms with Gasteiger partial charge >= 0.3 is 5.97 Å². The van der Waals surface area contributed by atoms with Gasteiger partial charge in [0.05, 0.1) is 17.0 Å². The zero-order valence-corrected chi connectivity index (χ0v) is 12.7. The molecular weight excluding hydrogens is 300 g/mol. The van der Waals surface area contributed by atoms with E-state index in [2.05, 4.69) is 5.32 Å². The summed E-state index contributed by atoms with van der Waals surface area (Å²) in [5, 5.41) is 23.1. The summed E-state index contributed by atoms with van der Waals surface area (Å²) in [6.07, 6.45) is 1.27. The molecule has 1 aromatic heterocycles. The Morgan fingerprint density at radius 3 is 2.74 bits per heavy atom. The van der Waals surface area contributed by atoms with Gasteiger partial charge in [-0.3, -0.25) is 20.2 Å². The molecule has 0 fully saturated rings. The SMILES string of the molecule is CCCC(NCc1ccc(-c2ccccc2[N+](=O)[O-])o1)C(=O)O. The molecule has 1 heterocycles. The van der Waals surface area contributed by atoms with Gasteiger partial charge in [-0.15, -0.1) is 0 Å². The van der Waals surface area contributed by atoms with E-state index in [0.29, 0.717) is 23.5 Å². The molecule has 1 atom stereocenters. The monoisotopic (exact) mass is 318 g/mol. The van der Waals surface area contributed by atoms with Gasteiger partial charge in [-0.1, -0.05) is 25.5 Å². The number of para-hydroxylation sites is 1. The normalized spacial score (nSPS) is 12.0. The molecule has 2 rings (SSSR count). The number of furan rings is 1. The van der Waals surface area contributed by atoms with Gasteiger partial charge < -0.3 is 9.52 Å². The van der Waals surface area contributed by atoms with Gasteiger partial charge in [0.15, 0.2) is 0 Å². The van der Waals surface area contributed by atoms with Crippen LogP contribution in [0.25, 0.3) is 11.3 Å². The molecule has 1 unspecified atom stereocenters. The predicted molar refractivity (Wildman–Crippen MR) is 84.0 cm³/mol. The molecule has 2 aromatic rings. The number of benzene rings is 1. The number of nitrogens with one attached hydrogen (secondary N) is 1. The molecule has 7 nitrogen and oxygen atoms in total. The van der Waals surface area contributed by atoms with Gasteiger partial charge in [0.25, 0.3) is 5.69 Å². The number of aliphatic carboxylic acids is 1. The highest BCUT2D eigenvalue weighted by Gasteiger charge is 2.19. The Bertz CT molecular complexity index is 695. The van der Waals surface area contributed by atoms with E-state index in [9.17, 15) is 14.9 Å². The molecule has 0 aliphatic carbocycles. The minimum Gasteiger partial charge on any atom is -0.480 e. The van der Waals surface area contributed by atoms with Crippen molar-refractivity contribution in [2.24, 2.45) is 0 Å². The highest BCUT2D eigenvalue weighted by Crippen LogP contribution is 2.30. The minimum atomic E-state index is -0.905. The van der Waals surface area contributed by atoms with E-state index >= 15 is 0 Å². The van der Waals surface area contributed by atoms with E-state index in [0.717, 1.165) is 6.42 Å². The lowest BCUT2D eigenvalue weighted by Gasteiger charge is -2.11. The average Bonchev–Trinajstić information content (AvgIpc) is 2.99. The maximum Gasteiger partial charge on any atom is 0.320 e. The minimum absolute atomic E-state index is 0.0317. The van der Waals surface area contributed by atoms with E-state index in [4.69, 9.17) is 9.52 Å². The van der Waals surface area contributed by atoms with Crippen LogP contribution in [-0.2, 0) is 11.3 Å². The first-order valence-electron chi connectivity index (χ1n) is 7.31. The Morgan fingerprint density at radius 2 is 2.09 bits per heavy atom. The number of carboxylic acids is 1. The summed E-state index contributed by atoms with van der Waals surface area (Å²) < 4.78 is 5.61. The Kier molecular flexibility index (Phi) is 5.48. The van der Waals surface area contributed by atoms with Crippen molar-refractivity contribution < 1.29 is 19.2 Å². The van der Waals surface area contributed by atoms with Crippen molar-refractivity contribution in [3.63, 3.8) is 0 Å².